The molecule has 5 heteroatoms. The highest BCUT2D eigenvalue weighted by Crippen LogP contribution is 2.26. The monoisotopic (exact) mass is 422 g/mol. The number of carbonyl (C=O) groups excluding carboxylic acids is 2. The molecule has 2 amide bonds. The Bertz CT molecular complexity index is 888. The van der Waals surface area contributed by atoms with E-state index in [2.05, 4.69) is 19.2 Å². The van der Waals surface area contributed by atoms with E-state index in [0.717, 1.165) is 32.1 Å². The van der Waals surface area contributed by atoms with Crippen molar-refractivity contribution in [2.24, 2.45) is 5.92 Å². The maximum Gasteiger partial charge on any atom is 0.259 e. The van der Waals surface area contributed by atoms with Crippen molar-refractivity contribution in [2.45, 2.75) is 58.4 Å². The molecule has 3 rings (SSSR count). The average molecular weight is 423 g/mol. The Morgan fingerprint density at radius 2 is 1.65 bits per heavy atom. The zero-order valence-corrected chi connectivity index (χ0v) is 18.9. The fourth-order valence-electron chi connectivity index (χ4n) is 3.98. The number of carbonyl (C=O) groups is 2. The molecular formula is C26H34N2O3. The molecule has 1 N–H and O–H groups in total. The van der Waals surface area contributed by atoms with Gasteiger partial charge in [-0.25, -0.2) is 0 Å². The molecule has 0 aliphatic heterocycles. The number of hydrogen-bond acceptors (Lipinski definition) is 3. The van der Waals surface area contributed by atoms with E-state index in [1.54, 1.807) is 18.2 Å². The Hall–Kier alpha value is -2.82. The highest BCUT2D eigenvalue weighted by Gasteiger charge is 2.25. The molecule has 1 saturated carbocycles. The number of nitrogens with one attached hydrogen (secondary N) is 1. The van der Waals surface area contributed by atoms with Crippen molar-refractivity contribution in [1.29, 1.82) is 0 Å². The van der Waals surface area contributed by atoms with Gasteiger partial charge in [0.25, 0.3) is 11.8 Å². The highest BCUT2D eigenvalue weighted by molar-refractivity contribution is 6.10. The van der Waals surface area contributed by atoms with Gasteiger partial charge in [-0.2, -0.15) is 0 Å². The van der Waals surface area contributed by atoms with Gasteiger partial charge in [-0.15, -0.1) is 0 Å². The zero-order chi connectivity index (χ0) is 22.2. The molecule has 0 unspecified atom stereocenters. The van der Waals surface area contributed by atoms with Crippen molar-refractivity contribution < 1.29 is 14.3 Å². The van der Waals surface area contributed by atoms with Gasteiger partial charge < -0.3 is 15.0 Å². The van der Waals surface area contributed by atoms with E-state index in [1.165, 1.54) is 6.42 Å². The topological polar surface area (TPSA) is 58.6 Å². The minimum atomic E-state index is -0.277. The standard InChI is InChI=1S/C26H34N2O3/c1-19(2)17-18-31-24-16-10-8-14-22(24)25(29)27-23-15-9-7-13-21(23)26(30)28(3)20-11-5-4-6-12-20/h7-10,13-16,19-20H,4-6,11-12,17-18H2,1-3H3,(H,27,29). The second-order valence-corrected chi connectivity index (χ2v) is 8.73. The van der Waals surface area contributed by atoms with Crippen LogP contribution < -0.4 is 10.1 Å². The second-order valence-electron chi connectivity index (χ2n) is 8.73. The number of rotatable bonds is 8. The first kappa shape index (κ1) is 22.9. The molecule has 0 atom stereocenters. The lowest BCUT2D eigenvalue weighted by atomic mass is 9.94. The van der Waals surface area contributed by atoms with Gasteiger partial charge in [-0.3, -0.25) is 9.59 Å². The Morgan fingerprint density at radius 3 is 2.35 bits per heavy atom. The average Bonchev–Trinajstić information content (AvgIpc) is 2.79. The molecule has 166 valence electrons. The van der Waals surface area contributed by atoms with Gasteiger partial charge in [0, 0.05) is 13.1 Å². The summed E-state index contributed by atoms with van der Waals surface area (Å²) in [6.07, 6.45) is 6.56. The van der Waals surface area contributed by atoms with E-state index in [-0.39, 0.29) is 17.9 Å². The maximum atomic E-state index is 13.2. The normalized spacial score (nSPS) is 14.3. The number of benzene rings is 2. The minimum Gasteiger partial charge on any atom is -0.493 e. The summed E-state index contributed by atoms with van der Waals surface area (Å²) in [4.78, 5) is 28.1. The summed E-state index contributed by atoms with van der Waals surface area (Å²) in [5.41, 5.74) is 1.51. The van der Waals surface area contributed by atoms with E-state index in [4.69, 9.17) is 4.74 Å². The van der Waals surface area contributed by atoms with E-state index >= 15 is 0 Å². The molecule has 5 nitrogen and oxygen atoms in total. The molecule has 2 aromatic carbocycles. The number of nitrogens with zero attached hydrogens (tertiary/aromatic N) is 1. The van der Waals surface area contributed by atoms with Crippen molar-refractivity contribution in [2.75, 3.05) is 19.0 Å². The van der Waals surface area contributed by atoms with Crippen molar-refractivity contribution in [3.05, 3.63) is 59.7 Å². The molecule has 1 aliphatic rings. The number of hydrogen-bond donors (Lipinski definition) is 1. The van der Waals surface area contributed by atoms with Crippen LogP contribution in [0.1, 0.15) is 73.1 Å². The molecule has 0 heterocycles. The molecule has 1 fully saturated rings. The molecule has 0 radical (unpaired) electrons. The van der Waals surface area contributed by atoms with Crippen LogP contribution in [0.3, 0.4) is 0 Å². The van der Waals surface area contributed by atoms with Gasteiger partial charge in [-0.05, 0) is 49.4 Å². The number of anilines is 1. The Balaban J connectivity index is 1.75. The van der Waals surface area contributed by atoms with Crippen molar-refractivity contribution in [3.8, 4) is 5.75 Å². The van der Waals surface area contributed by atoms with Gasteiger partial charge >= 0.3 is 0 Å². The summed E-state index contributed by atoms with van der Waals surface area (Å²) in [7, 11) is 1.87. The molecule has 2 aromatic rings. The summed E-state index contributed by atoms with van der Waals surface area (Å²) in [6.45, 7) is 4.84. The van der Waals surface area contributed by atoms with Crippen LogP contribution in [0.2, 0.25) is 0 Å². The van der Waals surface area contributed by atoms with E-state index in [9.17, 15) is 9.59 Å². The first-order valence-electron chi connectivity index (χ1n) is 11.4. The van der Waals surface area contributed by atoms with Crippen LogP contribution in [-0.2, 0) is 0 Å². The molecule has 0 aromatic heterocycles. The minimum absolute atomic E-state index is 0.0516. The number of ether oxygens (including phenoxy) is 1. The highest BCUT2D eigenvalue weighted by atomic mass is 16.5. The first-order valence-corrected chi connectivity index (χ1v) is 11.4. The number of para-hydroxylation sites is 2. The number of amides is 2. The van der Waals surface area contributed by atoms with Crippen LogP contribution >= 0.6 is 0 Å². The van der Waals surface area contributed by atoms with Crippen molar-refractivity contribution in [1.82, 2.24) is 4.90 Å². The quantitative estimate of drug-likeness (QED) is 0.588. The molecule has 31 heavy (non-hydrogen) atoms. The lowest BCUT2D eigenvalue weighted by molar-refractivity contribution is 0.0697. The Morgan fingerprint density at radius 1 is 1.00 bits per heavy atom. The van der Waals surface area contributed by atoms with E-state index < -0.39 is 0 Å². The lowest BCUT2D eigenvalue weighted by Gasteiger charge is -2.31. The Labute approximate surface area is 185 Å². The van der Waals surface area contributed by atoms with Crippen molar-refractivity contribution in [3.63, 3.8) is 0 Å². The SMILES string of the molecule is CC(C)CCOc1ccccc1C(=O)Nc1ccccc1C(=O)N(C)C1CCCCC1. The lowest BCUT2D eigenvalue weighted by Crippen LogP contribution is -2.38. The van der Waals surface area contributed by atoms with Crippen molar-refractivity contribution >= 4 is 17.5 Å². The summed E-state index contributed by atoms with van der Waals surface area (Å²) in [6, 6.07) is 14.7. The second kappa shape index (κ2) is 11.0. The van der Waals surface area contributed by atoms with Crippen LogP contribution in [-0.4, -0.2) is 36.4 Å². The third kappa shape index (κ3) is 6.09. The summed E-state index contributed by atoms with van der Waals surface area (Å²) in [5, 5.41) is 2.94. The fraction of sp³-hybridized carbons (Fsp3) is 0.462. The van der Waals surface area contributed by atoms with Crippen LogP contribution in [0.15, 0.2) is 48.5 Å². The van der Waals surface area contributed by atoms with Gasteiger partial charge in [0.1, 0.15) is 5.75 Å². The van der Waals surface area contributed by atoms with Gasteiger partial charge in [0.2, 0.25) is 0 Å². The fourth-order valence-corrected chi connectivity index (χ4v) is 3.98. The molecule has 0 saturated heterocycles. The van der Waals surface area contributed by atoms with Crippen LogP contribution in [0.4, 0.5) is 5.69 Å². The largest absolute Gasteiger partial charge is 0.493 e. The van der Waals surface area contributed by atoms with E-state index in [0.29, 0.717) is 35.1 Å². The summed E-state index contributed by atoms with van der Waals surface area (Å²) < 4.78 is 5.87. The summed E-state index contributed by atoms with van der Waals surface area (Å²) >= 11 is 0. The van der Waals surface area contributed by atoms with Crippen LogP contribution in [0, 0.1) is 5.92 Å². The first-order chi connectivity index (χ1) is 15.0. The Kier molecular flexibility index (Phi) is 8.10. The predicted octanol–water partition coefficient (Wildman–Crippen LogP) is 5.77. The third-order valence-corrected chi connectivity index (χ3v) is 5.93. The summed E-state index contributed by atoms with van der Waals surface area (Å²) in [5.74, 6) is 0.758. The maximum absolute atomic E-state index is 13.2. The smallest absolute Gasteiger partial charge is 0.259 e. The van der Waals surface area contributed by atoms with E-state index in [1.807, 2.05) is 42.3 Å². The molecule has 1 aliphatic carbocycles. The van der Waals surface area contributed by atoms with Gasteiger partial charge in [0.05, 0.1) is 23.4 Å². The van der Waals surface area contributed by atoms with Crippen LogP contribution in [0.5, 0.6) is 5.75 Å². The molecule has 0 bridgehead atoms. The zero-order valence-electron chi connectivity index (χ0n) is 18.9. The van der Waals surface area contributed by atoms with Crippen LogP contribution in [0.25, 0.3) is 0 Å². The third-order valence-electron chi connectivity index (χ3n) is 5.93. The predicted molar refractivity (Wildman–Crippen MR) is 125 cm³/mol. The van der Waals surface area contributed by atoms with Gasteiger partial charge in [0.15, 0.2) is 0 Å². The van der Waals surface area contributed by atoms with Gasteiger partial charge in [-0.1, -0.05) is 57.4 Å². The molecular weight excluding hydrogens is 388 g/mol. The molecule has 0 spiro atoms.